The first-order valence-electron chi connectivity index (χ1n) is 8.33. The van der Waals surface area contributed by atoms with E-state index in [1.807, 2.05) is 6.92 Å². The molecule has 0 aliphatic carbocycles. The zero-order valence-electron chi connectivity index (χ0n) is 13.7. The quantitative estimate of drug-likeness (QED) is 0.839. The Kier molecular flexibility index (Phi) is 3.81. The van der Waals surface area contributed by atoms with Crippen molar-refractivity contribution in [2.24, 2.45) is 0 Å². The standard InChI is InChI=1S/C18H21N3O2S/c1-14-7-8-17(12-19-14)24(22,23)20-9-4-10-21-16(13-20)11-15-5-2-3-6-18(15)21/h2-3,5-8,12,16H,4,9-11,13H2,1H3. The predicted octanol–water partition coefficient (Wildman–Crippen LogP) is 2.22. The molecular weight excluding hydrogens is 322 g/mol. The number of pyridine rings is 1. The molecule has 0 saturated carbocycles. The summed E-state index contributed by atoms with van der Waals surface area (Å²) in [5.74, 6) is 0. The topological polar surface area (TPSA) is 53.5 Å². The zero-order valence-corrected chi connectivity index (χ0v) is 14.5. The number of anilines is 1. The summed E-state index contributed by atoms with van der Waals surface area (Å²) in [5.41, 5.74) is 3.40. The van der Waals surface area contributed by atoms with Crippen LogP contribution in [0, 0.1) is 6.92 Å². The molecule has 0 N–H and O–H groups in total. The van der Waals surface area contributed by atoms with Gasteiger partial charge < -0.3 is 4.90 Å². The van der Waals surface area contributed by atoms with Crippen LogP contribution in [0.1, 0.15) is 17.7 Å². The van der Waals surface area contributed by atoms with Crippen LogP contribution in [-0.2, 0) is 16.4 Å². The van der Waals surface area contributed by atoms with Gasteiger partial charge in [-0.1, -0.05) is 18.2 Å². The van der Waals surface area contributed by atoms with Crippen molar-refractivity contribution in [3.8, 4) is 0 Å². The van der Waals surface area contributed by atoms with Gasteiger partial charge in [0.25, 0.3) is 0 Å². The van der Waals surface area contributed by atoms with E-state index < -0.39 is 10.0 Å². The second-order valence-corrected chi connectivity index (χ2v) is 8.47. The maximum atomic E-state index is 13.0. The SMILES string of the molecule is Cc1ccc(S(=O)(=O)N2CCCN3c4ccccc4CC3C2)cn1. The fourth-order valence-corrected chi connectivity index (χ4v) is 5.17. The maximum Gasteiger partial charge on any atom is 0.244 e. The van der Waals surface area contributed by atoms with Crippen LogP contribution in [0.5, 0.6) is 0 Å². The summed E-state index contributed by atoms with van der Waals surface area (Å²) < 4.78 is 27.6. The summed E-state index contributed by atoms with van der Waals surface area (Å²) in [6, 6.07) is 12.0. The molecule has 2 aliphatic rings. The van der Waals surface area contributed by atoms with E-state index in [1.54, 1.807) is 16.4 Å². The Balaban J connectivity index is 1.62. The van der Waals surface area contributed by atoms with Gasteiger partial charge in [0.15, 0.2) is 0 Å². The summed E-state index contributed by atoms with van der Waals surface area (Å²) in [4.78, 5) is 6.81. The number of para-hydroxylation sites is 1. The van der Waals surface area contributed by atoms with Gasteiger partial charge >= 0.3 is 0 Å². The van der Waals surface area contributed by atoms with Gasteiger partial charge in [0, 0.05) is 43.3 Å². The van der Waals surface area contributed by atoms with Gasteiger partial charge in [0.2, 0.25) is 10.0 Å². The Hall–Kier alpha value is -1.92. The van der Waals surface area contributed by atoms with Gasteiger partial charge in [-0.15, -0.1) is 0 Å². The van der Waals surface area contributed by atoms with Crippen molar-refractivity contribution in [2.75, 3.05) is 24.5 Å². The highest BCUT2D eigenvalue weighted by molar-refractivity contribution is 7.89. The van der Waals surface area contributed by atoms with Crippen molar-refractivity contribution < 1.29 is 8.42 Å². The minimum Gasteiger partial charge on any atom is -0.367 e. The molecule has 24 heavy (non-hydrogen) atoms. The summed E-state index contributed by atoms with van der Waals surface area (Å²) >= 11 is 0. The molecule has 1 saturated heterocycles. The molecular formula is C18H21N3O2S. The number of aryl methyl sites for hydroxylation is 1. The fourth-order valence-electron chi connectivity index (χ4n) is 3.71. The summed E-state index contributed by atoms with van der Waals surface area (Å²) in [7, 11) is -3.48. The second kappa shape index (κ2) is 5.86. The van der Waals surface area contributed by atoms with Crippen molar-refractivity contribution in [2.45, 2.75) is 30.7 Å². The number of aromatic nitrogens is 1. The molecule has 0 bridgehead atoms. The molecule has 1 atom stereocenters. The molecule has 1 unspecified atom stereocenters. The molecule has 6 heteroatoms. The smallest absolute Gasteiger partial charge is 0.244 e. The molecule has 2 aromatic rings. The normalized spacial score (nSPS) is 21.2. The van der Waals surface area contributed by atoms with E-state index in [-0.39, 0.29) is 10.9 Å². The molecule has 1 aromatic heterocycles. The lowest BCUT2D eigenvalue weighted by molar-refractivity contribution is 0.405. The molecule has 5 nitrogen and oxygen atoms in total. The van der Waals surface area contributed by atoms with E-state index >= 15 is 0 Å². The molecule has 0 spiro atoms. The van der Waals surface area contributed by atoms with Crippen molar-refractivity contribution in [1.29, 1.82) is 0 Å². The molecule has 0 radical (unpaired) electrons. The highest BCUT2D eigenvalue weighted by Gasteiger charge is 2.36. The lowest BCUT2D eigenvalue weighted by atomic mass is 10.1. The van der Waals surface area contributed by atoms with Gasteiger partial charge in [-0.3, -0.25) is 4.98 Å². The highest BCUT2D eigenvalue weighted by atomic mass is 32.2. The number of sulfonamides is 1. The van der Waals surface area contributed by atoms with Crippen LogP contribution in [0.3, 0.4) is 0 Å². The molecule has 3 heterocycles. The first-order valence-corrected chi connectivity index (χ1v) is 9.77. The molecule has 1 fully saturated rings. The van der Waals surface area contributed by atoms with Gasteiger partial charge in [-0.2, -0.15) is 4.31 Å². The van der Waals surface area contributed by atoms with Crippen LogP contribution in [0.25, 0.3) is 0 Å². The predicted molar refractivity (Wildman–Crippen MR) is 93.6 cm³/mol. The maximum absolute atomic E-state index is 13.0. The summed E-state index contributed by atoms with van der Waals surface area (Å²) in [6.07, 6.45) is 3.22. The number of hydrogen-bond acceptors (Lipinski definition) is 4. The Morgan fingerprint density at radius 2 is 1.96 bits per heavy atom. The molecule has 0 amide bonds. The number of fused-ring (bicyclic) bond motifs is 3. The van der Waals surface area contributed by atoms with Crippen LogP contribution < -0.4 is 4.90 Å². The fraction of sp³-hybridized carbons (Fsp3) is 0.389. The van der Waals surface area contributed by atoms with Crippen LogP contribution >= 0.6 is 0 Å². The number of hydrogen-bond donors (Lipinski definition) is 0. The number of benzene rings is 1. The lowest BCUT2D eigenvalue weighted by Gasteiger charge is -2.27. The largest absolute Gasteiger partial charge is 0.367 e. The summed E-state index contributed by atoms with van der Waals surface area (Å²) in [6.45, 7) is 3.85. The Bertz CT molecular complexity index is 849. The number of rotatable bonds is 2. The monoisotopic (exact) mass is 343 g/mol. The Labute approximate surface area is 143 Å². The second-order valence-electron chi connectivity index (χ2n) is 6.53. The van der Waals surface area contributed by atoms with E-state index in [2.05, 4.69) is 34.1 Å². The minimum absolute atomic E-state index is 0.220. The lowest BCUT2D eigenvalue weighted by Crippen LogP contribution is -2.41. The Morgan fingerprint density at radius 1 is 1.12 bits per heavy atom. The Morgan fingerprint density at radius 3 is 2.75 bits per heavy atom. The van der Waals surface area contributed by atoms with Crippen molar-refractivity contribution >= 4 is 15.7 Å². The highest BCUT2D eigenvalue weighted by Crippen LogP contribution is 2.34. The van der Waals surface area contributed by atoms with Gasteiger partial charge in [-0.05, 0) is 43.5 Å². The van der Waals surface area contributed by atoms with Crippen molar-refractivity contribution in [1.82, 2.24) is 9.29 Å². The van der Waals surface area contributed by atoms with Gasteiger partial charge in [-0.25, -0.2) is 8.42 Å². The zero-order chi connectivity index (χ0) is 16.7. The molecule has 1 aromatic carbocycles. The molecule has 126 valence electrons. The average molecular weight is 343 g/mol. The third kappa shape index (κ3) is 2.59. The van der Waals surface area contributed by atoms with E-state index in [1.165, 1.54) is 17.4 Å². The molecule has 4 rings (SSSR count). The first kappa shape index (κ1) is 15.6. The first-order chi connectivity index (χ1) is 11.6. The number of nitrogens with zero attached hydrogens (tertiary/aromatic N) is 3. The van der Waals surface area contributed by atoms with E-state index in [0.29, 0.717) is 13.1 Å². The van der Waals surface area contributed by atoms with Crippen LogP contribution in [0.15, 0.2) is 47.5 Å². The van der Waals surface area contributed by atoms with Gasteiger partial charge in [0.1, 0.15) is 4.90 Å². The summed E-state index contributed by atoms with van der Waals surface area (Å²) in [5, 5.41) is 0. The average Bonchev–Trinajstić information content (AvgIpc) is 2.78. The third-order valence-electron chi connectivity index (χ3n) is 4.94. The van der Waals surface area contributed by atoms with Crippen molar-refractivity contribution in [3.63, 3.8) is 0 Å². The van der Waals surface area contributed by atoms with Crippen molar-refractivity contribution in [3.05, 3.63) is 53.9 Å². The van der Waals surface area contributed by atoms with Crippen LogP contribution in [0.4, 0.5) is 5.69 Å². The molecule has 2 aliphatic heterocycles. The minimum atomic E-state index is -3.48. The third-order valence-corrected chi connectivity index (χ3v) is 6.79. The van der Waals surface area contributed by atoms with E-state index in [4.69, 9.17) is 0 Å². The van der Waals surface area contributed by atoms with Crippen LogP contribution in [0.2, 0.25) is 0 Å². The van der Waals surface area contributed by atoms with Crippen LogP contribution in [-0.4, -0.2) is 43.4 Å². The van der Waals surface area contributed by atoms with Gasteiger partial charge in [0.05, 0.1) is 0 Å². The van der Waals surface area contributed by atoms with E-state index in [9.17, 15) is 8.42 Å². The van der Waals surface area contributed by atoms with E-state index in [0.717, 1.165) is 25.1 Å².